The van der Waals surface area contributed by atoms with Crippen molar-refractivity contribution in [1.82, 2.24) is 3.71 Å². The van der Waals surface area contributed by atoms with Crippen molar-refractivity contribution in [3.8, 4) is 11.8 Å². The van der Waals surface area contributed by atoms with Gasteiger partial charge >= 0.3 is 0 Å². The second kappa shape index (κ2) is 4.63. The van der Waals surface area contributed by atoms with E-state index in [1.165, 1.54) is 0 Å². The molecule has 80 valence electrons. The summed E-state index contributed by atoms with van der Waals surface area (Å²) in [6, 6.07) is 0. The highest BCUT2D eigenvalue weighted by molar-refractivity contribution is 8.43. The van der Waals surface area contributed by atoms with Crippen molar-refractivity contribution in [2.45, 2.75) is 6.92 Å². The maximum atomic E-state index is 3.18. The smallest absolute Gasteiger partial charge is 0.0780 e. The quantitative estimate of drug-likeness (QED) is 0.662. The van der Waals surface area contributed by atoms with Gasteiger partial charge in [0.05, 0.1) is 6.54 Å². The van der Waals surface area contributed by atoms with Gasteiger partial charge in [0.1, 0.15) is 0 Å². The topological polar surface area (TPSA) is 3.24 Å². The standard InChI is InChI=1S/C10H23NS2/c1-8-9-10-11(12(2,3)4)13(5,6)7/h10H2,1-7H3. The molecule has 0 bridgehead atoms. The fourth-order valence-electron chi connectivity index (χ4n) is 1.20. The summed E-state index contributed by atoms with van der Waals surface area (Å²) in [5.41, 5.74) is 0. The molecule has 13 heavy (non-hydrogen) atoms. The van der Waals surface area contributed by atoms with Gasteiger partial charge in [0.15, 0.2) is 0 Å². The van der Waals surface area contributed by atoms with Gasteiger partial charge in [0.2, 0.25) is 0 Å². The second-order valence-electron chi connectivity index (χ2n) is 4.46. The van der Waals surface area contributed by atoms with Crippen molar-refractivity contribution in [2.75, 3.05) is 44.1 Å². The third-order valence-corrected chi connectivity index (χ3v) is 6.99. The van der Waals surface area contributed by atoms with Gasteiger partial charge in [-0.05, 0) is 44.5 Å². The average molecular weight is 221 g/mol. The maximum absolute atomic E-state index is 3.18. The molecule has 0 heterocycles. The molecule has 3 heteroatoms. The Balaban J connectivity index is 4.64. The zero-order chi connectivity index (χ0) is 10.7. The normalized spacial score (nSPS) is 15.1. The molecule has 0 aromatic carbocycles. The lowest BCUT2D eigenvalue weighted by Crippen LogP contribution is -2.28. The number of hydrogen-bond acceptors (Lipinski definition) is 1. The summed E-state index contributed by atoms with van der Waals surface area (Å²) in [5, 5.41) is 0. The summed E-state index contributed by atoms with van der Waals surface area (Å²) >= 11 is 0. The molecule has 0 aliphatic heterocycles. The Hall–Kier alpha value is 0.220. The summed E-state index contributed by atoms with van der Waals surface area (Å²) in [5.74, 6) is 6.16. The first kappa shape index (κ1) is 13.2. The van der Waals surface area contributed by atoms with Crippen LogP contribution < -0.4 is 0 Å². The molecule has 0 saturated carbocycles. The van der Waals surface area contributed by atoms with Gasteiger partial charge in [0.25, 0.3) is 0 Å². The number of nitrogens with zero attached hydrogens (tertiary/aromatic N) is 1. The van der Waals surface area contributed by atoms with Crippen LogP contribution in [0.2, 0.25) is 0 Å². The average Bonchev–Trinajstić information content (AvgIpc) is 1.81. The van der Waals surface area contributed by atoms with E-state index in [4.69, 9.17) is 0 Å². The van der Waals surface area contributed by atoms with Gasteiger partial charge in [-0.15, -0.1) is 5.92 Å². The molecule has 0 fully saturated rings. The first-order chi connectivity index (χ1) is 5.69. The molecule has 0 unspecified atom stereocenters. The summed E-state index contributed by atoms with van der Waals surface area (Å²) in [6.07, 6.45) is 14.0. The second-order valence-corrected chi connectivity index (χ2v) is 12.7. The Morgan fingerprint density at radius 3 is 1.54 bits per heavy atom. The van der Waals surface area contributed by atoms with Crippen LogP contribution in [0.25, 0.3) is 0 Å². The largest absolute Gasteiger partial charge is 0.220 e. The monoisotopic (exact) mass is 221 g/mol. The maximum Gasteiger partial charge on any atom is 0.0780 e. The number of rotatable bonds is 3. The van der Waals surface area contributed by atoms with Gasteiger partial charge in [-0.25, -0.2) is 3.71 Å². The Morgan fingerprint density at radius 1 is 0.923 bits per heavy atom. The molecule has 0 spiro atoms. The summed E-state index contributed by atoms with van der Waals surface area (Å²) in [4.78, 5) is 0. The van der Waals surface area contributed by atoms with Crippen LogP contribution >= 0.6 is 20.4 Å². The van der Waals surface area contributed by atoms with E-state index in [1.54, 1.807) is 0 Å². The first-order valence-corrected chi connectivity index (χ1v) is 9.86. The van der Waals surface area contributed by atoms with Crippen LogP contribution in [0.1, 0.15) is 6.92 Å². The highest BCUT2D eigenvalue weighted by atomic mass is 32.3. The molecule has 0 rings (SSSR count). The van der Waals surface area contributed by atoms with Crippen molar-refractivity contribution in [1.29, 1.82) is 0 Å². The Labute approximate surface area is 87.2 Å². The predicted octanol–water partition coefficient (Wildman–Crippen LogP) is 2.53. The van der Waals surface area contributed by atoms with E-state index in [2.05, 4.69) is 53.1 Å². The molecule has 1 nitrogen and oxygen atoms in total. The lowest BCUT2D eigenvalue weighted by atomic mass is 10.6. The summed E-state index contributed by atoms with van der Waals surface area (Å²) < 4.78 is 2.58. The van der Waals surface area contributed by atoms with Crippen LogP contribution in [-0.2, 0) is 0 Å². The molecule has 0 aliphatic carbocycles. The fraction of sp³-hybridized carbons (Fsp3) is 0.800. The molecule has 0 N–H and O–H groups in total. The molecule has 0 aromatic rings. The molecule has 0 radical (unpaired) electrons. The van der Waals surface area contributed by atoms with Crippen molar-refractivity contribution in [2.24, 2.45) is 0 Å². The zero-order valence-corrected chi connectivity index (χ0v) is 11.6. The molecular formula is C10H23NS2. The van der Waals surface area contributed by atoms with E-state index in [1.807, 2.05) is 6.92 Å². The minimum Gasteiger partial charge on any atom is -0.220 e. The highest BCUT2D eigenvalue weighted by Gasteiger charge is 2.23. The number of hydrogen-bond donors (Lipinski definition) is 0. The Morgan fingerprint density at radius 2 is 1.31 bits per heavy atom. The van der Waals surface area contributed by atoms with Gasteiger partial charge in [-0.1, -0.05) is 5.92 Å². The van der Waals surface area contributed by atoms with Gasteiger partial charge < -0.3 is 0 Å². The minimum absolute atomic E-state index is 0.627. The van der Waals surface area contributed by atoms with E-state index >= 15 is 0 Å². The zero-order valence-electron chi connectivity index (χ0n) is 9.97. The lowest BCUT2D eigenvalue weighted by molar-refractivity contribution is 0.826. The van der Waals surface area contributed by atoms with Crippen LogP contribution in [-0.4, -0.2) is 47.8 Å². The molecule has 0 aliphatic rings. The van der Waals surface area contributed by atoms with E-state index in [-0.39, 0.29) is 0 Å². The minimum atomic E-state index is -0.627. The fourth-order valence-corrected chi connectivity index (χ4v) is 7.47. The third-order valence-electron chi connectivity index (χ3n) is 1.61. The van der Waals surface area contributed by atoms with Crippen molar-refractivity contribution in [3.05, 3.63) is 0 Å². The van der Waals surface area contributed by atoms with Crippen LogP contribution in [0.3, 0.4) is 0 Å². The first-order valence-electron chi connectivity index (χ1n) is 4.23. The Kier molecular flexibility index (Phi) is 4.71. The van der Waals surface area contributed by atoms with Crippen LogP contribution in [0.4, 0.5) is 0 Å². The molecule has 0 saturated heterocycles. The SMILES string of the molecule is CC#CCN(S(C)(C)C)S(C)(C)C. The van der Waals surface area contributed by atoms with Crippen LogP contribution in [0, 0.1) is 11.8 Å². The summed E-state index contributed by atoms with van der Waals surface area (Å²) in [7, 11) is -1.25. The van der Waals surface area contributed by atoms with E-state index in [0.29, 0.717) is 0 Å². The highest BCUT2D eigenvalue weighted by Crippen LogP contribution is 2.56. The molecule has 0 atom stereocenters. The Bertz CT molecular complexity index is 198. The van der Waals surface area contributed by atoms with Crippen LogP contribution in [0.5, 0.6) is 0 Å². The van der Waals surface area contributed by atoms with Gasteiger partial charge in [-0.3, -0.25) is 0 Å². The van der Waals surface area contributed by atoms with E-state index in [0.717, 1.165) is 6.54 Å². The lowest BCUT2D eigenvalue weighted by Gasteiger charge is -2.50. The molecule has 0 aromatic heterocycles. The van der Waals surface area contributed by atoms with Gasteiger partial charge in [-0.2, -0.15) is 20.4 Å². The van der Waals surface area contributed by atoms with Crippen molar-refractivity contribution >= 4 is 20.4 Å². The molecule has 0 amide bonds. The van der Waals surface area contributed by atoms with E-state index < -0.39 is 20.4 Å². The van der Waals surface area contributed by atoms with Crippen LogP contribution in [0.15, 0.2) is 0 Å². The summed E-state index contributed by atoms with van der Waals surface area (Å²) in [6.45, 7) is 2.84. The molecular weight excluding hydrogens is 198 g/mol. The predicted molar refractivity (Wildman–Crippen MR) is 70.9 cm³/mol. The third kappa shape index (κ3) is 4.85. The van der Waals surface area contributed by atoms with Gasteiger partial charge in [0, 0.05) is 0 Å². The van der Waals surface area contributed by atoms with Crippen molar-refractivity contribution < 1.29 is 0 Å². The van der Waals surface area contributed by atoms with E-state index in [9.17, 15) is 0 Å². The van der Waals surface area contributed by atoms with Crippen molar-refractivity contribution in [3.63, 3.8) is 0 Å².